The number of hydrogen-bond acceptors (Lipinski definition) is 4. The molecule has 7 heteroatoms. The van der Waals surface area contributed by atoms with Crippen LogP contribution in [0.3, 0.4) is 0 Å². The second-order valence-electron chi connectivity index (χ2n) is 7.81. The maximum atomic E-state index is 12.9. The Labute approximate surface area is 175 Å². The number of imide groups is 1. The summed E-state index contributed by atoms with van der Waals surface area (Å²) in [6.07, 6.45) is 5.22. The molecule has 4 amide bonds. The molecular weight excluding hydrogens is 382 g/mol. The van der Waals surface area contributed by atoms with Crippen molar-refractivity contribution in [1.29, 1.82) is 0 Å². The van der Waals surface area contributed by atoms with E-state index in [2.05, 4.69) is 10.6 Å². The van der Waals surface area contributed by atoms with Crippen molar-refractivity contribution in [3.63, 3.8) is 0 Å². The molecule has 1 heterocycles. The van der Waals surface area contributed by atoms with Crippen molar-refractivity contribution in [3.05, 3.63) is 54.6 Å². The van der Waals surface area contributed by atoms with Crippen LogP contribution in [0, 0.1) is 0 Å². The number of nitrogens with one attached hydrogen (secondary N) is 2. The highest BCUT2D eigenvalue weighted by Crippen LogP contribution is 2.32. The van der Waals surface area contributed by atoms with Crippen LogP contribution in [0.25, 0.3) is 0 Å². The first kappa shape index (κ1) is 19.9. The summed E-state index contributed by atoms with van der Waals surface area (Å²) in [7, 11) is 0. The van der Waals surface area contributed by atoms with E-state index in [1.54, 1.807) is 24.3 Å². The lowest BCUT2D eigenvalue weighted by Crippen LogP contribution is -2.47. The Morgan fingerprint density at radius 1 is 0.933 bits per heavy atom. The SMILES string of the molecule is O=C(CN1C(=O)NC2(CCCCCC2)C1=O)Nc1ccc(Oc2ccccc2)cc1. The molecule has 2 aliphatic rings. The third-order valence-electron chi connectivity index (χ3n) is 5.62. The Morgan fingerprint density at radius 3 is 2.23 bits per heavy atom. The normalized spacial score (nSPS) is 18.1. The predicted octanol–water partition coefficient (Wildman–Crippen LogP) is 4.06. The minimum Gasteiger partial charge on any atom is -0.457 e. The molecule has 0 radical (unpaired) electrons. The summed E-state index contributed by atoms with van der Waals surface area (Å²) in [6.45, 7) is -0.297. The van der Waals surface area contributed by atoms with Crippen molar-refractivity contribution >= 4 is 23.5 Å². The van der Waals surface area contributed by atoms with E-state index in [0.29, 0.717) is 24.3 Å². The average molecular weight is 407 g/mol. The largest absolute Gasteiger partial charge is 0.457 e. The molecule has 4 rings (SSSR count). The van der Waals surface area contributed by atoms with E-state index in [0.717, 1.165) is 36.3 Å². The van der Waals surface area contributed by atoms with Crippen LogP contribution in [0.2, 0.25) is 0 Å². The van der Waals surface area contributed by atoms with E-state index >= 15 is 0 Å². The third-order valence-corrected chi connectivity index (χ3v) is 5.62. The smallest absolute Gasteiger partial charge is 0.325 e. The van der Waals surface area contributed by atoms with Gasteiger partial charge in [-0.2, -0.15) is 0 Å². The van der Waals surface area contributed by atoms with Gasteiger partial charge in [-0.05, 0) is 49.2 Å². The van der Waals surface area contributed by atoms with Gasteiger partial charge >= 0.3 is 6.03 Å². The molecule has 0 bridgehead atoms. The summed E-state index contributed by atoms with van der Waals surface area (Å²) in [4.78, 5) is 38.8. The molecule has 1 aliphatic heterocycles. The van der Waals surface area contributed by atoms with E-state index in [-0.39, 0.29) is 12.5 Å². The Hall–Kier alpha value is -3.35. The first-order chi connectivity index (χ1) is 14.6. The predicted molar refractivity (Wildman–Crippen MR) is 112 cm³/mol. The van der Waals surface area contributed by atoms with Gasteiger partial charge in [-0.3, -0.25) is 14.5 Å². The van der Waals surface area contributed by atoms with Crippen molar-refractivity contribution in [3.8, 4) is 11.5 Å². The summed E-state index contributed by atoms with van der Waals surface area (Å²) in [5.41, 5.74) is -0.263. The van der Waals surface area contributed by atoms with Gasteiger partial charge < -0.3 is 15.4 Å². The fourth-order valence-corrected chi connectivity index (χ4v) is 4.07. The lowest BCUT2D eigenvalue weighted by Gasteiger charge is -2.24. The van der Waals surface area contributed by atoms with Gasteiger partial charge in [-0.1, -0.05) is 43.9 Å². The first-order valence-electron chi connectivity index (χ1n) is 10.3. The molecule has 0 aromatic heterocycles. The van der Waals surface area contributed by atoms with Crippen LogP contribution in [0.1, 0.15) is 38.5 Å². The fourth-order valence-electron chi connectivity index (χ4n) is 4.07. The van der Waals surface area contributed by atoms with Gasteiger partial charge in [0, 0.05) is 5.69 Å². The minimum absolute atomic E-state index is 0.281. The molecule has 1 saturated carbocycles. The first-order valence-corrected chi connectivity index (χ1v) is 10.3. The molecule has 2 aromatic carbocycles. The van der Waals surface area contributed by atoms with E-state index < -0.39 is 17.5 Å². The molecule has 2 aromatic rings. The van der Waals surface area contributed by atoms with Crippen molar-refractivity contribution in [1.82, 2.24) is 10.2 Å². The Balaban J connectivity index is 1.35. The van der Waals surface area contributed by atoms with Crippen molar-refractivity contribution < 1.29 is 19.1 Å². The summed E-state index contributed by atoms with van der Waals surface area (Å²) >= 11 is 0. The number of carbonyl (C=O) groups is 3. The fraction of sp³-hybridized carbons (Fsp3) is 0.348. The van der Waals surface area contributed by atoms with Gasteiger partial charge in [-0.15, -0.1) is 0 Å². The second-order valence-corrected chi connectivity index (χ2v) is 7.81. The standard InChI is InChI=1S/C23H25N3O4/c27-20(16-26-21(28)23(25-22(26)29)14-6-1-2-7-15-23)24-17-10-12-19(13-11-17)30-18-8-4-3-5-9-18/h3-5,8-13H,1-2,6-7,14-16H2,(H,24,27)(H,25,29). The summed E-state index contributed by atoms with van der Waals surface area (Å²) in [6, 6.07) is 15.8. The maximum absolute atomic E-state index is 12.9. The molecule has 7 nitrogen and oxygen atoms in total. The number of para-hydroxylation sites is 1. The Bertz CT molecular complexity index is 919. The van der Waals surface area contributed by atoms with Crippen molar-refractivity contribution in [2.75, 3.05) is 11.9 Å². The number of benzene rings is 2. The number of amides is 4. The number of anilines is 1. The zero-order valence-corrected chi connectivity index (χ0v) is 16.7. The summed E-state index contributed by atoms with van der Waals surface area (Å²) in [5, 5.41) is 5.59. The quantitative estimate of drug-likeness (QED) is 0.732. The van der Waals surface area contributed by atoms with Crippen LogP contribution < -0.4 is 15.4 Å². The second kappa shape index (κ2) is 8.57. The van der Waals surface area contributed by atoms with Gasteiger partial charge in [0.25, 0.3) is 5.91 Å². The van der Waals surface area contributed by atoms with E-state index in [1.165, 1.54) is 0 Å². The third kappa shape index (κ3) is 4.30. The van der Waals surface area contributed by atoms with Crippen LogP contribution >= 0.6 is 0 Å². The van der Waals surface area contributed by atoms with Gasteiger partial charge in [0.05, 0.1) is 0 Å². The van der Waals surface area contributed by atoms with Gasteiger partial charge in [0.1, 0.15) is 23.6 Å². The van der Waals surface area contributed by atoms with Crippen LogP contribution in [0.4, 0.5) is 10.5 Å². The van der Waals surface area contributed by atoms with E-state index in [4.69, 9.17) is 4.74 Å². The zero-order valence-electron chi connectivity index (χ0n) is 16.7. The van der Waals surface area contributed by atoms with Crippen LogP contribution in [0.15, 0.2) is 54.6 Å². The molecule has 1 spiro atoms. The molecule has 156 valence electrons. The van der Waals surface area contributed by atoms with E-state index in [1.807, 2.05) is 30.3 Å². The molecule has 0 atom stereocenters. The molecule has 0 unspecified atom stereocenters. The van der Waals surface area contributed by atoms with Gasteiger partial charge in [-0.25, -0.2) is 4.79 Å². The van der Waals surface area contributed by atoms with E-state index in [9.17, 15) is 14.4 Å². The number of hydrogen-bond donors (Lipinski definition) is 2. The highest BCUT2D eigenvalue weighted by molar-refractivity contribution is 6.10. The van der Waals surface area contributed by atoms with Crippen molar-refractivity contribution in [2.24, 2.45) is 0 Å². The minimum atomic E-state index is -0.829. The summed E-state index contributed by atoms with van der Waals surface area (Å²) < 4.78 is 5.73. The van der Waals surface area contributed by atoms with Crippen LogP contribution in [0.5, 0.6) is 11.5 Å². The van der Waals surface area contributed by atoms with Gasteiger partial charge in [0.15, 0.2) is 0 Å². The number of urea groups is 1. The Kier molecular flexibility index (Phi) is 5.70. The average Bonchev–Trinajstić information content (AvgIpc) is 2.91. The lowest BCUT2D eigenvalue weighted by molar-refractivity contribution is -0.134. The number of ether oxygens (including phenoxy) is 1. The zero-order chi connectivity index (χ0) is 21.0. The highest BCUT2D eigenvalue weighted by Gasteiger charge is 2.51. The molecule has 1 aliphatic carbocycles. The summed E-state index contributed by atoms with van der Waals surface area (Å²) in [5.74, 6) is 0.668. The molecule has 30 heavy (non-hydrogen) atoms. The molecular formula is C23H25N3O4. The number of carbonyl (C=O) groups excluding carboxylic acids is 3. The highest BCUT2D eigenvalue weighted by atomic mass is 16.5. The monoisotopic (exact) mass is 407 g/mol. The molecule has 2 N–H and O–H groups in total. The number of rotatable bonds is 5. The lowest BCUT2D eigenvalue weighted by atomic mass is 9.90. The molecule has 2 fully saturated rings. The van der Waals surface area contributed by atoms with Crippen LogP contribution in [-0.4, -0.2) is 34.8 Å². The topological polar surface area (TPSA) is 87.7 Å². The Morgan fingerprint density at radius 2 is 1.57 bits per heavy atom. The van der Waals surface area contributed by atoms with Crippen LogP contribution in [-0.2, 0) is 9.59 Å². The number of nitrogens with zero attached hydrogens (tertiary/aromatic N) is 1. The van der Waals surface area contributed by atoms with Gasteiger partial charge in [0.2, 0.25) is 5.91 Å². The molecule has 1 saturated heterocycles. The maximum Gasteiger partial charge on any atom is 0.325 e. The van der Waals surface area contributed by atoms with Crippen molar-refractivity contribution in [2.45, 2.75) is 44.1 Å².